The van der Waals surface area contributed by atoms with Crippen LogP contribution in [0.2, 0.25) is 0 Å². The van der Waals surface area contributed by atoms with Gasteiger partial charge in [0.05, 0.1) is 13.2 Å². The number of rotatable bonds is 11. The number of hydrogen-bond donors (Lipinski definition) is 1. The highest BCUT2D eigenvalue weighted by Gasteiger charge is 2.19. The van der Waals surface area contributed by atoms with E-state index in [-0.39, 0.29) is 11.7 Å². The van der Waals surface area contributed by atoms with Crippen LogP contribution in [0.3, 0.4) is 0 Å². The minimum Gasteiger partial charge on any atom is -0.380 e. The second-order valence-corrected chi connectivity index (χ2v) is 4.54. The second kappa shape index (κ2) is 10.3. The molecule has 1 heterocycles. The molecule has 0 aliphatic carbocycles. The summed E-state index contributed by atoms with van der Waals surface area (Å²) in [5.41, 5.74) is 0. The van der Waals surface area contributed by atoms with Crippen LogP contribution in [-0.4, -0.2) is 65.5 Å². The molecule has 120 valence electrons. The monoisotopic (exact) mass is 298 g/mol. The molecular weight excluding hydrogens is 272 g/mol. The molecule has 1 aromatic rings. The van der Waals surface area contributed by atoms with Crippen molar-refractivity contribution in [2.75, 3.05) is 39.5 Å². The molecular formula is C14H26N4O3. The standard InChI is InChI=1S/C14H26N4O3/c1-4-7-12-15-13(17-16-12)14(19)18(8-10-20-5-2)9-11-21-6-3/h4-11H2,1-3H3,(H,15,16,17). The second-order valence-electron chi connectivity index (χ2n) is 4.54. The van der Waals surface area contributed by atoms with Gasteiger partial charge in [-0.3, -0.25) is 9.89 Å². The predicted octanol–water partition coefficient (Wildman–Crippen LogP) is 1.27. The third-order valence-corrected chi connectivity index (χ3v) is 2.92. The van der Waals surface area contributed by atoms with E-state index in [1.807, 2.05) is 13.8 Å². The van der Waals surface area contributed by atoms with Gasteiger partial charge in [-0.2, -0.15) is 0 Å². The maximum Gasteiger partial charge on any atom is 0.293 e. The molecule has 1 rings (SSSR count). The SMILES string of the molecule is CCCc1nc(C(=O)N(CCOCC)CCOCC)n[nH]1. The van der Waals surface area contributed by atoms with Gasteiger partial charge in [0.15, 0.2) is 0 Å². The molecule has 1 amide bonds. The molecule has 0 fully saturated rings. The molecule has 0 radical (unpaired) electrons. The zero-order valence-corrected chi connectivity index (χ0v) is 13.2. The molecule has 7 heteroatoms. The summed E-state index contributed by atoms with van der Waals surface area (Å²) >= 11 is 0. The summed E-state index contributed by atoms with van der Waals surface area (Å²) in [6, 6.07) is 0. The average Bonchev–Trinajstić information content (AvgIpc) is 2.94. The largest absolute Gasteiger partial charge is 0.380 e. The van der Waals surface area contributed by atoms with E-state index in [9.17, 15) is 4.79 Å². The lowest BCUT2D eigenvalue weighted by atomic mass is 10.3. The van der Waals surface area contributed by atoms with E-state index in [1.165, 1.54) is 0 Å². The van der Waals surface area contributed by atoms with E-state index in [2.05, 4.69) is 22.1 Å². The fraction of sp³-hybridized carbons (Fsp3) is 0.786. The van der Waals surface area contributed by atoms with Crippen LogP contribution in [0, 0.1) is 0 Å². The Morgan fingerprint density at radius 3 is 2.29 bits per heavy atom. The fourth-order valence-electron chi connectivity index (χ4n) is 1.83. The topological polar surface area (TPSA) is 80.3 Å². The number of ether oxygens (including phenoxy) is 2. The number of nitrogens with zero attached hydrogens (tertiary/aromatic N) is 3. The normalized spacial score (nSPS) is 10.8. The zero-order chi connectivity index (χ0) is 15.5. The van der Waals surface area contributed by atoms with Gasteiger partial charge in [0.25, 0.3) is 5.91 Å². The molecule has 0 aromatic carbocycles. The number of carbonyl (C=O) groups excluding carboxylic acids is 1. The third-order valence-electron chi connectivity index (χ3n) is 2.92. The van der Waals surface area contributed by atoms with Crippen molar-refractivity contribution in [3.05, 3.63) is 11.6 Å². The van der Waals surface area contributed by atoms with Crippen molar-refractivity contribution < 1.29 is 14.3 Å². The van der Waals surface area contributed by atoms with Crippen molar-refractivity contribution in [1.82, 2.24) is 20.1 Å². The Labute approximate surface area is 126 Å². The maximum absolute atomic E-state index is 12.4. The average molecular weight is 298 g/mol. The lowest BCUT2D eigenvalue weighted by Gasteiger charge is -2.21. The predicted molar refractivity (Wildman–Crippen MR) is 79.3 cm³/mol. The van der Waals surface area contributed by atoms with Gasteiger partial charge in [0.1, 0.15) is 5.82 Å². The number of carbonyl (C=O) groups is 1. The summed E-state index contributed by atoms with van der Waals surface area (Å²) in [4.78, 5) is 18.3. The summed E-state index contributed by atoms with van der Waals surface area (Å²) in [5.74, 6) is 0.773. The summed E-state index contributed by atoms with van der Waals surface area (Å²) in [6.07, 6.45) is 1.75. The van der Waals surface area contributed by atoms with Crippen LogP contribution in [-0.2, 0) is 15.9 Å². The lowest BCUT2D eigenvalue weighted by Crippen LogP contribution is -2.37. The first-order valence-electron chi connectivity index (χ1n) is 7.58. The molecule has 0 aliphatic rings. The highest BCUT2D eigenvalue weighted by atomic mass is 16.5. The van der Waals surface area contributed by atoms with E-state index >= 15 is 0 Å². The Kier molecular flexibility index (Phi) is 8.61. The maximum atomic E-state index is 12.4. The van der Waals surface area contributed by atoms with Crippen LogP contribution in [0.25, 0.3) is 0 Å². The van der Waals surface area contributed by atoms with Crippen molar-refractivity contribution in [2.24, 2.45) is 0 Å². The molecule has 1 aromatic heterocycles. The van der Waals surface area contributed by atoms with Gasteiger partial charge >= 0.3 is 0 Å². The molecule has 0 unspecified atom stereocenters. The number of aryl methyl sites for hydroxylation is 1. The number of hydrogen-bond acceptors (Lipinski definition) is 5. The molecule has 7 nitrogen and oxygen atoms in total. The van der Waals surface area contributed by atoms with Gasteiger partial charge in [0, 0.05) is 32.7 Å². The molecule has 0 atom stereocenters. The van der Waals surface area contributed by atoms with E-state index in [4.69, 9.17) is 9.47 Å². The zero-order valence-electron chi connectivity index (χ0n) is 13.2. The Hall–Kier alpha value is -1.47. The van der Waals surface area contributed by atoms with Crippen molar-refractivity contribution in [3.8, 4) is 0 Å². The van der Waals surface area contributed by atoms with Crippen LogP contribution in [0.5, 0.6) is 0 Å². The minimum absolute atomic E-state index is 0.187. The van der Waals surface area contributed by atoms with Gasteiger partial charge in [0.2, 0.25) is 5.82 Å². The van der Waals surface area contributed by atoms with E-state index in [1.54, 1.807) is 4.90 Å². The first-order valence-corrected chi connectivity index (χ1v) is 7.58. The minimum atomic E-state index is -0.187. The summed E-state index contributed by atoms with van der Waals surface area (Å²) in [7, 11) is 0. The highest BCUT2D eigenvalue weighted by molar-refractivity contribution is 5.90. The van der Waals surface area contributed by atoms with Gasteiger partial charge in [-0.25, -0.2) is 4.98 Å². The highest BCUT2D eigenvalue weighted by Crippen LogP contribution is 2.02. The molecule has 0 spiro atoms. The first kappa shape index (κ1) is 17.6. The van der Waals surface area contributed by atoms with E-state index < -0.39 is 0 Å². The van der Waals surface area contributed by atoms with Crippen LogP contribution in [0.15, 0.2) is 0 Å². The Balaban J connectivity index is 2.62. The molecule has 0 aliphatic heterocycles. The number of aromatic amines is 1. The Morgan fingerprint density at radius 2 is 1.76 bits per heavy atom. The summed E-state index contributed by atoms with van der Waals surface area (Å²) in [5, 5.41) is 6.81. The van der Waals surface area contributed by atoms with Gasteiger partial charge < -0.3 is 14.4 Å². The first-order chi connectivity index (χ1) is 10.2. The van der Waals surface area contributed by atoms with Crippen LogP contribution in [0.1, 0.15) is 43.6 Å². The van der Waals surface area contributed by atoms with Gasteiger partial charge in [-0.05, 0) is 20.3 Å². The fourth-order valence-corrected chi connectivity index (χ4v) is 1.83. The van der Waals surface area contributed by atoms with Crippen LogP contribution < -0.4 is 0 Å². The Morgan fingerprint density at radius 1 is 1.14 bits per heavy atom. The summed E-state index contributed by atoms with van der Waals surface area (Å²) in [6.45, 7) is 9.21. The van der Waals surface area contributed by atoms with Gasteiger partial charge in [-0.1, -0.05) is 6.92 Å². The number of H-pyrrole nitrogens is 1. The third kappa shape index (κ3) is 6.22. The number of nitrogens with one attached hydrogen (secondary N) is 1. The molecule has 0 saturated carbocycles. The molecule has 21 heavy (non-hydrogen) atoms. The van der Waals surface area contributed by atoms with Crippen LogP contribution >= 0.6 is 0 Å². The number of amides is 1. The van der Waals surface area contributed by atoms with E-state index in [0.717, 1.165) is 18.7 Å². The van der Waals surface area contributed by atoms with Gasteiger partial charge in [-0.15, -0.1) is 5.10 Å². The van der Waals surface area contributed by atoms with Crippen molar-refractivity contribution in [1.29, 1.82) is 0 Å². The van der Waals surface area contributed by atoms with Crippen LogP contribution in [0.4, 0.5) is 0 Å². The molecule has 0 bridgehead atoms. The lowest BCUT2D eigenvalue weighted by molar-refractivity contribution is 0.0540. The van der Waals surface area contributed by atoms with E-state index in [0.29, 0.717) is 39.5 Å². The molecule has 0 saturated heterocycles. The van der Waals surface area contributed by atoms with Crippen molar-refractivity contribution in [2.45, 2.75) is 33.6 Å². The van der Waals surface area contributed by atoms with Crippen molar-refractivity contribution in [3.63, 3.8) is 0 Å². The summed E-state index contributed by atoms with van der Waals surface area (Å²) < 4.78 is 10.6. The smallest absolute Gasteiger partial charge is 0.293 e. The quantitative estimate of drug-likeness (QED) is 0.622. The Bertz CT molecular complexity index is 399. The van der Waals surface area contributed by atoms with Crippen molar-refractivity contribution >= 4 is 5.91 Å². The number of aromatic nitrogens is 3. The molecule has 1 N–H and O–H groups in total.